The minimum Gasteiger partial charge on any atom is -0.488 e. The van der Waals surface area contributed by atoms with E-state index in [-0.39, 0.29) is 50.2 Å². The first-order valence-corrected chi connectivity index (χ1v) is 19.9. The van der Waals surface area contributed by atoms with Crippen LogP contribution in [0.15, 0.2) is 139 Å². The average molecular weight is 851 g/mol. The fourth-order valence-corrected chi connectivity index (χ4v) is 8.84. The van der Waals surface area contributed by atoms with Crippen LogP contribution >= 0.6 is 34.3 Å². The Hall–Kier alpha value is -6.41. The van der Waals surface area contributed by atoms with Gasteiger partial charge >= 0.3 is 0 Å². The minimum atomic E-state index is -2.91. The largest absolute Gasteiger partial charge is 0.488 e. The molecule has 2 aliphatic heterocycles. The Morgan fingerprint density at radius 1 is 0.610 bits per heavy atom. The number of anilines is 2. The molecule has 2 atom stereocenters. The molecule has 2 unspecified atom stereocenters. The number of fused-ring (bicyclic) bond motifs is 2. The Balaban J connectivity index is 0.000000169. The predicted octanol–water partition coefficient (Wildman–Crippen LogP) is 11.3. The third-order valence-corrected chi connectivity index (χ3v) is 11.8. The molecule has 2 N–H and O–H groups in total. The van der Waals surface area contributed by atoms with E-state index in [1.807, 2.05) is 30.3 Å². The summed E-state index contributed by atoms with van der Waals surface area (Å²) in [6.45, 7) is 0.186. The molecule has 0 spiro atoms. The second-order valence-corrected chi connectivity index (χ2v) is 15.6. The highest BCUT2D eigenvalue weighted by atomic mass is 35.5. The van der Waals surface area contributed by atoms with Gasteiger partial charge in [-0.05, 0) is 35.4 Å². The van der Waals surface area contributed by atoms with Gasteiger partial charge in [0.1, 0.15) is 28.2 Å². The van der Waals surface area contributed by atoms with Crippen molar-refractivity contribution in [3.63, 3.8) is 0 Å². The second-order valence-electron chi connectivity index (χ2n) is 13.3. The van der Waals surface area contributed by atoms with Crippen LogP contribution in [-0.4, -0.2) is 23.4 Å². The summed E-state index contributed by atoms with van der Waals surface area (Å²) >= 11 is 7.56. The molecule has 0 saturated carbocycles. The van der Waals surface area contributed by atoms with E-state index in [1.54, 1.807) is 53.9 Å². The van der Waals surface area contributed by atoms with Gasteiger partial charge in [-0.15, -0.1) is 11.3 Å². The van der Waals surface area contributed by atoms with Crippen molar-refractivity contribution in [2.24, 2.45) is 0 Å². The van der Waals surface area contributed by atoms with Crippen molar-refractivity contribution in [1.29, 1.82) is 0 Å². The number of carbonyl (C=O) groups is 4. The van der Waals surface area contributed by atoms with Crippen molar-refractivity contribution >= 4 is 67.7 Å². The van der Waals surface area contributed by atoms with E-state index < -0.39 is 45.7 Å². The Morgan fingerprint density at radius 3 is 1.75 bits per heavy atom. The van der Waals surface area contributed by atoms with Crippen molar-refractivity contribution in [3.8, 4) is 28.0 Å². The Kier molecular flexibility index (Phi) is 10.5. The molecule has 0 bridgehead atoms. The molecule has 2 amide bonds. The number of ketones is 2. The number of thiophene rings is 2. The molecule has 7 aromatic rings. The highest BCUT2D eigenvalue weighted by Gasteiger charge is 2.55. The van der Waals surface area contributed by atoms with Crippen LogP contribution in [-0.2, 0) is 27.5 Å². The monoisotopic (exact) mass is 850 g/mol. The van der Waals surface area contributed by atoms with Gasteiger partial charge in [-0.2, -0.15) is 4.39 Å². The smallest absolute Gasteiger partial charge is 0.275 e. The molecule has 14 heteroatoms. The standard InChI is InChI=1S/C26H17F2NO3S.C19H10ClF2NO2S/c27-18-11-12-19(21(13-18)32-14-16-7-3-1-4-8-16)20-15-33-24-22(20)23(30)26(28,25(31)29-24)17-9-5-2-6-10-17;20-12-8-6-10(7-9-12)13-14-15(24)19(22,11-4-2-1-3-5-11)18(25)23-17(14)26-16(13)21/h1-13,15H,14H2,(H,29,31);1-9H,(H,23,25). The predicted molar refractivity (Wildman–Crippen MR) is 220 cm³/mol. The molecule has 294 valence electrons. The summed E-state index contributed by atoms with van der Waals surface area (Å²) in [5.74, 6) is -4.47. The van der Waals surface area contributed by atoms with Gasteiger partial charge in [0.2, 0.25) is 11.6 Å². The highest BCUT2D eigenvalue weighted by molar-refractivity contribution is 7.16. The lowest BCUT2D eigenvalue weighted by Gasteiger charge is -2.28. The molecule has 5 aromatic carbocycles. The summed E-state index contributed by atoms with van der Waals surface area (Å²) in [6, 6.07) is 34.5. The van der Waals surface area contributed by atoms with Crippen LogP contribution < -0.4 is 15.4 Å². The van der Waals surface area contributed by atoms with Gasteiger partial charge in [0, 0.05) is 44.3 Å². The topological polar surface area (TPSA) is 102 Å². The summed E-state index contributed by atoms with van der Waals surface area (Å²) in [5.41, 5.74) is -4.01. The summed E-state index contributed by atoms with van der Waals surface area (Å²) in [7, 11) is 0. The summed E-state index contributed by atoms with van der Waals surface area (Å²) in [6.07, 6.45) is 0. The molecule has 4 heterocycles. The first-order chi connectivity index (χ1) is 28.4. The maximum atomic E-state index is 16.0. The van der Waals surface area contributed by atoms with Crippen LogP contribution in [0.4, 0.5) is 27.6 Å². The van der Waals surface area contributed by atoms with Gasteiger partial charge in [0.15, 0.2) is 5.13 Å². The molecule has 0 saturated heterocycles. The Bertz CT molecular complexity index is 2770. The van der Waals surface area contributed by atoms with Crippen LogP contribution in [0.5, 0.6) is 5.75 Å². The number of Topliss-reactive ketones (excluding diaryl/α,β-unsaturated/α-hetero) is 2. The molecule has 2 aromatic heterocycles. The van der Waals surface area contributed by atoms with E-state index in [0.717, 1.165) is 16.9 Å². The SMILES string of the molecule is O=C1Nc2sc(F)c(-c3ccc(Cl)cc3)c2C(=O)C1(F)c1ccccc1.O=C1Nc2scc(-c3ccc(F)cc3OCc3ccccc3)c2C(=O)C1(F)c1ccccc1. The van der Waals surface area contributed by atoms with E-state index in [4.69, 9.17) is 16.3 Å². The lowest BCUT2D eigenvalue weighted by molar-refractivity contribution is -0.126. The van der Waals surface area contributed by atoms with E-state index in [9.17, 15) is 28.0 Å². The molecule has 2 aliphatic rings. The first-order valence-electron chi connectivity index (χ1n) is 17.8. The van der Waals surface area contributed by atoms with E-state index >= 15 is 8.78 Å². The molecule has 0 radical (unpaired) electrons. The van der Waals surface area contributed by atoms with Crippen molar-refractivity contribution in [3.05, 3.63) is 183 Å². The number of halogens is 5. The van der Waals surface area contributed by atoms with Gasteiger partial charge < -0.3 is 15.4 Å². The number of rotatable bonds is 7. The quantitative estimate of drug-likeness (QED) is 0.123. The van der Waals surface area contributed by atoms with E-state index in [0.29, 0.717) is 33.0 Å². The normalized spacial score (nSPS) is 18.2. The van der Waals surface area contributed by atoms with E-state index in [2.05, 4.69) is 10.6 Å². The lowest BCUT2D eigenvalue weighted by Crippen LogP contribution is -2.47. The summed E-state index contributed by atoms with van der Waals surface area (Å²) in [4.78, 5) is 51.4. The number of hydrogen-bond donors (Lipinski definition) is 2. The zero-order valence-corrected chi connectivity index (χ0v) is 32.6. The van der Waals surface area contributed by atoms with Gasteiger partial charge in [-0.3, -0.25) is 19.2 Å². The number of ether oxygens (including phenoxy) is 1. The van der Waals surface area contributed by atoms with Crippen molar-refractivity contribution in [2.45, 2.75) is 17.9 Å². The van der Waals surface area contributed by atoms with Gasteiger partial charge in [0.05, 0.1) is 11.1 Å². The third kappa shape index (κ3) is 7.00. The maximum absolute atomic E-state index is 16.0. The van der Waals surface area contributed by atoms with Crippen molar-refractivity contribution in [2.75, 3.05) is 10.6 Å². The zero-order valence-electron chi connectivity index (χ0n) is 30.2. The van der Waals surface area contributed by atoms with Crippen LogP contribution in [0.25, 0.3) is 22.3 Å². The number of nitrogens with one attached hydrogen (secondary N) is 2. The molecule has 59 heavy (non-hydrogen) atoms. The van der Waals surface area contributed by atoms with Gasteiger partial charge in [-0.1, -0.05) is 126 Å². The molecular formula is C45H27ClF4N2O5S2. The van der Waals surface area contributed by atoms with E-state index in [1.165, 1.54) is 54.6 Å². The Morgan fingerprint density at radius 2 is 1.15 bits per heavy atom. The molecular weight excluding hydrogens is 824 g/mol. The van der Waals surface area contributed by atoms with Crippen LogP contribution in [0.2, 0.25) is 5.02 Å². The maximum Gasteiger partial charge on any atom is 0.275 e. The van der Waals surface area contributed by atoms with Gasteiger partial charge in [-0.25, -0.2) is 13.2 Å². The van der Waals surface area contributed by atoms with Crippen LogP contribution in [0.1, 0.15) is 37.4 Å². The second kappa shape index (κ2) is 15.7. The molecule has 9 rings (SSSR count). The third-order valence-electron chi connectivity index (χ3n) is 9.76. The summed E-state index contributed by atoms with van der Waals surface area (Å²) < 4.78 is 66.2. The van der Waals surface area contributed by atoms with Crippen molar-refractivity contribution < 1.29 is 41.5 Å². The molecule has 0 fully saturated rings. The molecule has 7 nitrogen and oxygen atoms in total. The number of carbonyl (C=O) groups excluding carboxylic acids is 4. The number of alkyl halides is 2. The zero-order chi connectivity index (χ0) is 41.5. The fourth-order valence-electron chi connectivity index (χ4n) is 6.82. The fraction of sp³-hybridized carbons (Fsp3) is 0.0667. The van der Waals surface area contributed by atoms with Gasteiger partial charge in [0.25, 0.3) is 23.2 Å². The van der Waals surface area contributed by atoms with Crippen LogP contribution in [0.3, 0.4) is 0 Å². The average Bonchev–Trinajstić information content (AvgIpc) is 3.82. The van der Waals surface area contributed by atoms with Crippen LogP contribution in [0, 0.1) is 10.9 Å². The molecule has 0 aliphatic carbocycles. The Labute approximate surface area is 346 Å². The first kappa shape index (κ1) is 39.4. The van der Waals surface area contributed by atoms with Crippen molar-refractivity contribution in [1.82, 2.24) is 0 Å². The minimum absolute atomic E-state index is 0.00616. The summed E-state index contributed by atoms with van der Waals surface area (Å²) in [5, 5.41) is 6.53. The lowest BCUT2D eigenvalue weighted by atomic mass is 9.83. The number of hydrogen-bond acceptors (Lipinski definition) is 7. The highest BCUT2D eigenvalue weighted by Crippen LogP contribution is 2.49. The number of benzene rings is 5. The number of amides is 2.